The predicted molar refractivity (Wildman–Crippen MR) is 73.3 cm³/mol. The molecule has 2 aromatic heterocycles. The van der Waals surface area contributed by atoms with E-state index in [1.807, 2.05) is 41.1 Å². The molecule has 0 aliphatic carbocycles. The number of ether oxygens (including phenoxy) is 1. The van der Waals surface area contributed by atoms with Crippen LogP contribution >= 0.6 is 0 Å². The minimum Gasteiger partial charge on any atom is -0.497 e. The van der Waals surface area contributed by atoms with Crippen molar-refractivity contribution in [1.29, 1.82) is 0 Å². The molecule has 96 valence electrons. The molecule has 0 atom stereocenters. The molecule has 3 rings (SSSR count). The minimum atomic E-state index is 0.719. The van der Waals surface area contributed by atoms with Crippen LogP contribution in [0.15, 0.2) is 49.1 Å². The van der Waals surface area contributed by atoms with E-state index in [0.29, 0.717) is 0 Å². The first-order valence-corrected chi connectivity index (χ1v) is 6.01. The zero-order valence-electron chi connectivity index (χ0n) is 10.6. The SMILES string of the molecule is COc1ccc(CNc2cn3ccnc3cn2)cc1. The fourth-order valence-corrected chi connectivity index (χ4v) is 1.85. The Morgan fingerprint density at radius 1 is 1.21 bits per heavy atom. The fourth-order valence-electron chi connectivity index (χ4n) is 1.85. The van der Waals surface area contributed by atoms with Crippen LogP contribution in [0, 0.1) is 0 Å². The van der Waals surface area contributed by atoms with Gasteiger partial charge in [-0.05, 0) is 17.7 Å². The van der Waals surface area contributed by atoms with Gasteiger partial charge < -0.3 is 14.5 Å². The van der Waals surface area contributed by atoms with Gasteiger partial charge in [-0.2, -0.15) is 0 Å². The second-order valence-corrected chi connectivity index (χ2v) is 4.17. The molecule has 2 heterocycles. The van der Waals surface area contributed by atoms with Gasteiger partial charge in [-0.3, -0.25) is 0 Å². The average molecular weight is 254 g/mol. The summed E-state index contributed by atoms with van der Waals surface area (Å²) in [4.78, 5) is 8.46. The molecular weight excluding hydrogens is 240 g/mol. The summed E-state index contributed by atoms with van der Waals surface area (Å²) in [7, 11) is 1.66. The van der Waals surface area contributed by atoms with E-state index >= 15 is 0 Å². The third-order valence-electron chi connectivity index (χ3n) is 2.91. The van der Waals surface area contributed by atoms with Gasteiger partial charge in [0, 0.05) is 18.9 Å². The van der Waals surface area contributed by atoms with Crippen molar-refractivity contribution in [3.05, 3.63) is 54.6 Å². The third-order valence-corrected chi connectivity index (χ3v) is 2.91. The number of rotatable bonds is 4. The Bertz CT molecular complexity index is 675. The highest BCUT2D eigenvalue weighted by Crippen LogP contribution is 2.13. The molecule has 1 N–H and O–H groups in total. The van der Waals surface area contributed by atoms with Crippen molar-refractivity contribution in [2.24, 2.45) is 0 Å². The predicted octanol–water partition coefficient (Wildman–Crippen LogP) is 2.35. The van der Waals surface area contributed by atoms with Crippen LogP contribution in [0.1, 0.15) is 5.56 Å². The quantitative estimate of drug-likeness (QED) is 0.776. The Labute approximate surface area is 110 Å². The van der Waals surface area contributed by atoms with Crippen LogP contribution < -0.4 is 10.1 Å². The van der Waals surface area contributed by atoms with E-state index in [9.17, 15) is 0 Å². The number of hydrogen-bond donors (Lipinski definition) is 1. The molecule has 5 heteroatoms. The molecule has 1 aromatic carbocycles. The number of nitrogens with zero attached hydrogens (tertiary/aromatic N) is 3. The van der Waals surface area contributed by atoms with Crippen LogP contribution in [0.3, 0.4) is 0 Å². The van der Waals surface area contributed by atoms with Crippen LogP contribution in [0.25, 0.3) is 5.65 Å². The van der Waals surface area contributed by atoms with E-state index < -0.39 is 0 Å². The second-order valence-electron chi connectivity index (χ2n) is 4.17. The van der Waals surface area contributed by atoms with E-state index in [-0.39, 0.29) is 0 Å². The summed E-state index contributed by atoms with van der Waals surface area (Å²) >= 11 is 0. The lowest BCUT2D eigenvalue weighted by Gasteiger charge is -2.07. The average Bonchev–Trinajstić information content (AvgIpc) is 2.93. The maximum absolute atomic E-state index is 5.13. The van der Waals surface area contributed by atoms with Crippen molar-refractivity contribution in [3.8, 4) is 5.75 Å². The first-order valence-electron chi connectivity index (χ1n) is 6.01. The molecule has 19 heavy (non-hydrogen) atoms. The molecule has 0 aliphatic rings. The van der Waals surface area contributed by atoms with Gasteiger partial charge in [-0.25, -0.2) is 9.97 Å². The summed E-state index contributed by atoms with van der Waals surface area (Å²) in [5.74, 6) is 1.68. The number of fused-ring (bicyclic) bond motifs is 1. The van der Waals surface area contributed by atoms with E-state index in [0.717, 1.165) is 23.8 Å². The van der Waals surface area contributed by atoms with E-state index in [1.54, 1.807) is 19.5 Å². The Morgan fingerprint density at radius 2 is 2.05 bits per heavy atom. The zero-order valence-corrected chi connectivity index (χ0v) is 10.6. The molecule has 5 nitrogen and oxygen atoms in total. The molecule has 0 spiro atoms. The maximum atomic E-state index is 5.13. The van der Waals surface area contributed by atoms with Gasteiger partial charge in [-0.1, -0.05) is 12.1 Å². The molecule has 0 amide bonds. The van der Waals surface area contributed by atoms with Gasteiger partial charge in [0.25, 0.3) is 0 Å². The Hall–Kier alpha value is -2.56. The first kappa shape index (κ1) is 11.5. The molecule has 0 radical (unpaired) electrons. The van der Waals surface area contributed by atoms with Crippen LogP contribution in [-0.2, 0) is 6.54 Å². The molecule has 0 saturated carbocycles. The lowest BCUT2D eigenvalue weighted by molar-refractivity contribution is 0.414. The maximum Gasteiger partial charge on any atom is 0.155 e. The van der Waals surface area contributed by atoms with Gasteiger partial charge in [-0.15, -0.1) is 0 Å². The van der Waals surface area contributed by atoms with E-state index in [1.165, 1.54) is 5.56 Å². The minimum absolute atomic E-state index is 0.719. The van der Waals surface area contributed by atoms with E-state index in [4.69, 9.17) is 4.74 Å². The standard InChI is InChI=1S/C14H14N4O/c1-19-12-4-2-11(3-5-12)8-16-13-10-18-7-6-15-14(18)9-17-13/h2-7,9-10,16H,8H2,1H3. The van der Waals surface area contributed by atoms with Gasteiger partial charge in [0.1, 0.15) is 11.6 Å². The van der Waals surface area contributed by atoms with Gasteiger partial charge in [0.15, 0.2) is 5.65 Å². The van der Waals surface area contributed by atoms with Crippen molar-refractivity contribution in [3.63, 3.8) is 0 Å². The summed E-state index contributed by atoms with van der Waals surface area (Å²) in [6.07, 6.45) is 7.32. The number of anilines is 1. The normalized spacial score (nSPS) is 10.6. The molecule has 0 fully saturated rings. The Balaban J connectivity index is 1.70. The number of aromatic nitrogens is 3. The third kappa shape index (κ3) is 2.49. The molecule has 0 bridgehead atoms. The summed E-state index contributed by atoms with van der Waals surface area (Å²) in [5.41, 5.74) is 2.02. The van der Waals surface area contributed by atoms with Crippen LogP contribution in [0.5, 0.6) is 5.75 Å². The summed E-state index contributed by atoms with van der Waals surface area (Å²) in [5, 5.41) is 3.28. The highest BCUT2D eigenvalue weighted by atomic mass is 16.5. The fraction of sp³-hybridized carbons (Fsp3) is 0.143. The van der Waals surface area contributed by atoms with Crippen molar-refractivity contribution >= 4 is 11.5 Å². The summed E-state index contributed by atoms with van der Waals surface area (Å²) in [6, 6.07) is 7.95. The zero-order chi connectivity index (χ0) is 13.1. The van der Waals surface area contributed by atoms with Crippen molar-refractivity contribution in [1.82, 2.24) is 14.4 Å². The number of nitrogens with one attached hydrogen (secondary N) is 1. The molecule has 3 aromatic rings. The summed E-state index contributed by atoms with van der Waals surface area (Å²) in [6.45, 7) is 0.719. The van der Waals surface area contributed by atoms with Crippen molar-refractivity contribution in [2.75, 3.05) is 12.4 Å². The van der Waals surface area contributed by atoms with Crippen LogP contribution in [-0.4, -0.2) is 21.5 Å². The first-order chi connectivity index (χ1) is 9.35. The highest BCUT2D eigenvalue weighted by Gasteiger charge is 1.99. The van der Waals surface area contributed by atoms with Crippen molar-refractivity contribution in [2.45, 2.75) is 6.54 Å². The molecule has 0 unspecified atom stereocenters. The largest absolute Gasteiger partial charge is 0.497 e. The molecule has 0 saturated heterocycles. The molecule has 0 aliphatic heterocycles. The Kier molecular flexibility index (Phi) is 3.02. The van der Waals surface area contributed by atoms with E-state index in [2.05, 4.69) is 15.3 Å². The smallest absolute Gasteiger partial charge is 0.155 e. The lowest BCUT2D eigenvalue weighted by Crippen LogP contribution is -2.02. The van der Waals surface area contributed by atoms with Gasteiger partial charge in [0.2, 0.25) is 0 Å². The van der Waals surface area contributed by atoms with Gasteiger partial charge in [0.05, 0.1) is 19.5 Å². The summed E-state index contributed by atoms with van der Waals surface area (Å²) < 4.78 is 7.06. The van der Waals surface area contributed by atoms with Crippen LogP contribution in [0.4, 0.5) is 5.82 Å². The topological polar surface area (TPSA) is 51.5 Å². The number of imidazole rings is 1. The molecular formula is C14H14N4O. The second kappa shape index (κ2) is 4.97. The number of methoxy groups -OCH3 is 1. The Morgan fingerprint density at radius 3 is 2.84 bits per heavy atom. The monoisotopic (exact) mass is 254 g/mol. The highest BCUT2D eigenvalue weighted by molar-refractivity contribution is 5.43. The lowest BCUT2D eigenvalue weighted by atomic mass is 10.2. The van der Waals surface area contributed by atoms with Gasteiger partial charge >= 0.3 is 0 Å². The number of benzene rings is 1. The van der Waals surface area contributed by atoms with Crippen molar-refractivity contribution < 1.29 is 4.74 Å². The number of hydrogen-bond acceptors (Lipinski definition) is 4. The van der Waals surface area contributed by atoms with Crippen LogP contribution in [0.2, 0.25) is 0 Å².